The summed E-state index contributed by atoms with van der Waals surface area (Å²) in [6, 6.07) is -0.570. The number of ether oxygens (including phenoxy) is 1. The first-order chi connectivity index (χ1) is 17.1. The van der Waals surface area contributed by atoms with Crippen LogP contribution in [0.15, 0.2) is 12.3 Å². The van der Waals surface area contributed by atoms with E-state index in [-0.39, 0.29) is 0 Å². The molecule has 3 rings (SSSR count). The van der Waals surface area contributed by atoms with Crippen molar-refractivity contribution in [3.05, 3.63) is 12.3 Å². The van der Waals surface area contributed by atoms with Crippen molar-refractivity contribution in [2.75, 3.05) is 6.61 Å². The molecule has 2 aliphatic heterocycles. The largest absolute Gasteiger partial charge is 0.469 e. The maximum Gasteiger partial charge on any atom is 0.469 e. The van der Waals surface area contributed by atoms with Gasteiger partial charge in [0.05, 0.1) is 12.8 Å². The number of amides is 2. The highest BCUT2D eigenvalue weighted by molar-refractivity contribution is 7.46. The van der Waals surface area contributed by atoms with E-state index in [2.05, 4.69) is 9.84 Å². The number of carbonyl (C=O) groups is 1. The molecule has 1 saturated carbocycles. The number of phosphoric ester groups is 1. The van der Waals surface area contributed by atoms with Crippen molar-refractivity contribution in [3.8, 4) is 0 Å². The Labute approximate surface area is 213 Å². The Hall–Kier alpha value is -1.04. The molecule has 7 N–H and O–H groups in total. The number of nitrogens with zero attached hydrogens (tertiary/aromatic N) is 1. The number of urea groups is 1. The lowest BCUT2D eigenvalue weighted by Crippen LogP contribution is -2.55. The van der Waals surface area contributed by atoms with Crippen LogP contribution < -0.4 is 11.1 Å². The van der Waals surface area contributed by atoms with Gasteiger partial charge in [-0.3, -0.25) is 9.42 Å². The number of rotatable bonds is 4. The van der Waals surface area contributed by atoms with Crippen molar-refractivity contribution < 1.29 is 38.6 Å². The second-order valence-electron chi connectivity index (χ2n) is 10.5. The fourth-order valence-electron chi connectivity index (χ4n) is 5.50. The molecule has 0 bridgehead atoms. The Balaban J connectivity index is 1.73. The highest BCUT2D eigenvalue weighted by atomic mass is 31.2. The number of nitrogens with two attached hydrogens (primary N) is 1. The number of hydrogen-bond acceptors (Lipinski definition) is 7. The lowest BCUT2D eigenvalue weighted by atomic mass is 9.75. The molecule has 0 radical (unpaired) electrons. The van der Waals surface area contributed by atoms with Gasteiger partial charge in [0.25, 0.3) is 0 Å². The molecule has 1 aliphatic carbocycles. The van der Waals surface area contributed by atoms with Gasteiger partial charge in [-0.25, -0.2) is 9.36 Å². The predicted octanol–water partition coefficient (Wildman–Crippen LogP) is 2.83. The average Bonchev–Trinajstić information content (AvgIpc) is 3.02. The summed E-state index contributed by atoms with van der Waals surface area (Å²) in [5.74, 6) is 0. The summed E-state index contributed by atoms with van der Waals surface area (Å²) >= 11 is 0. The molecule has 3 aliphatic rings. The van der Waals surface area contributed by atoms with Crippen LogP contribution >= 0.6 is 7.82 Å². The fraction of sp³-hybridized carbons (Fsp3) is 0.875. The predicted molar refractivity (Wildman–Crippen MR) is 133 cm³/mol. The minimum Gasteiger partial charge on any atom is -0.387 e. The quantitative estimate of drug-likeness (QED) is 0.297. The first-order valence-corrected chi connectivity index (χ1v) is 14.9. The molecule has 1 saturated heterocycles. The van der Waals surface area contributed by atoms with Gasteiger partial charge < -0.3 is 35.8 Å². The average molecular weight is 534 g/mol. The summed E-state index contributed by atoms with van der Waals surface area (Å²) in [5.41, 5.74) is 6.12. The third-order valence-electron chi connectivity index (χ3n) is 7.75. The van der Waals surface area contributed by atoms with Crippen molar-refractivity contribution in [1.29, 1.82) is 0 Å². The smallest absolute Gasteiger partial charge is 0.387 e. The minimum atomic E-state index is -4.79. The number of carbonyl (C=O) groups excluding carboxylic acids is 1. The van der Waals surface area contributed by atoms with Gasteiger partial charge in [-0.2, -0.15) is 0 Å². The number of phosphoric acid groups is 1. The van der Waals surface area contributed by atoms with E-state index in [1.807, 2.05) is 6.08 Å². The molecule has 1 spiro atoms. The summed E-state index contributed by atoms with van der Waals surface area (Å²) in [4.78, 5) is 32.1. The van der Waals surface area contributed by atoms with Crippen LogP contribution in [0.5, 0.6) is 0 Å². The molecule has 36 heavy (non-hydrogen) atoms. The summed E-state index contributed by atoms with van der Waals surface area (Å²) in [6.07, 6.45) is 13.3. The van der Waals surface area contributed by atoms with Crippen LogP contribution in [0.4, 0.5) is 4.79 Å². The van der Waals surface area contributed by atoms with E-state index in [1.165, 1.54) is 51.4 Å². The number of aliphatic hydroxyl groups is 2. The maximum absolute atomic E-state index is 13.1. The zero-order valence-corrected chi connectivity index (χ0v) is 21.9. The Morgan fingerprint density at radius 3 is 1.97 bits per heavy atom. The van der Waals surface area contributed by atoms with E-state index in [0.29, 0.717) is 0 Å². The Kier molecular flexibility index (Phi) is 11.2. The normalized spacial score (nSPS) is 33.5. The van der Waals surface area contributed by atoms with Crippen molar-refractivity contribution in [3.63, 3.8) is 0 Å². The molecular weight excluding hydrogens is 489 g/mol. The van der Waals surface area contributed by atoms with Crippen molar-refractivity contribution >= 4 is 13.9 Å². The molecule has 0 aromatic heterocycles. The summed E-state index contributed by atoms with van der Waals surface area (Å²) in [6.45, 7) is -0.637. The highest BCUT2D eigenvalue weighted by Crippen LogP contribution is 2.39. The molecule has 2 fully saturated rings. The van der Waals surface area contributed by atoms with Crippen molar-refractivity contribution in [2.45, 2.75) is 121 Å². The Morgan fingerprint density at radius 2 is 1.47 bits per heavy atom. The SMILES string of the molecule is NC1NC(=O)N(C2OC(COP(=O)(O)O)C(O)C2O)C=CC12CCCCCCCCCCCCCC2. The van der Waals surface area contributed by atoms with Crippen LogP contribution in [0.1, 0.15) is 89.9 Å². The van der Waals surface area contributed by atoms with E-state index >= 15 is 0 Å². The number of nitrogens with one attached hydrogen (secondary N) is 1. The number of aliphatic hydroxyl groups excluding tert-OH is 2. The van der Waals surface area contributed by atoms with E-state index in [1.54, 1.807) is 6.20 Å². The lowest BCUT2D eigenvalue weighted by molar-refractivity contribution is -0.0641. The van der Waals surface area contributed by atoms with E-state index < -0.39 is 56.6 Å². The van der Waals surface area contributed by atoms with Gasteiger partial charge >= 0.3 is 13.9 Å². The lowest BCUT2D eigenvalue weighted by Gasteiger charge is -2.36. The van der Waals surface area contributed by atoms with Gasteiger partial charge in [0.1, 0.15) is 18.3 Å². The van der Waals surface area contributed by atoms with Gasteiger partial charge in [0.2, 0.25) is 0 Å². The second kappa shape index (κ2) is 13.7. The monoisotopic (exact) mass is 533 g/mol. The van der Waals surface area contributed by atoms with Crippen LogP contribution in [0.3, 0.4) is 0 Å². The van der Waals surface area contributed by atoms with E-state index in [4.69, 9.17) is 20.3 Å². The fourth-order valence-corrected chi connectivity index (χ4v) is 5.84. The van der Waals surface area contributed by atoms with Crippen LogP contribution in [0.25, 0.3) is 0 Å². The molecule has 2 heterocycles. The zero-order chi connectivity index (χ0) is 26.2. The van der Waals surface area contributed by atoms with E-state index in [9.17, 15) is 19.6 Å². The molecule has 5 unspecified atom stereocenters. The molecular formula is C24H44N3O8P. The molecule has 11 nitrogen and oxygen atoms in total. The topological polar surface area (TPSA) is 175 Å². The van der Waals surface area contributed by atoms with Gasteiger partial charge in [-0.1, -0.05) is 83.1 Å². The van der Waals surface area contributed by atoms with Crippen LogP contribution in [0, 0.1) is 5.41 Å². The molecule has 0 aromatic rings. The summed E-state index contributed by atoms with van der Waals surface area (Å²) < 4.78 is 21.1. The number of hydrogen-bond donors (Lipinski definition) is 6. The van der Waals surface area contributed by atoms with Crippen LogP contribution in [0.2, 0.25) is 0 Å². The Bertz CT molecular complexity index is 762. The third-order valence-corrected chi connectivity index (χ3v) is 8.24. The highest BCUT2D eigenvalue weighted by Gasteiger charge is 2.49. The zero-order valence-electron chi connectivity index (χ0n) is 21.0. The van der Waals surface area contributed by atoms with E-state index in [0.717, 1.165) is 43.4 Å². The molecule has 5 atom stereocenters. The van der Waals surface area contributed by atoms with Gasteiger partial charge in [-0.15, -0.1) is 0 Å². The second-order valence-corrected chi connectivity index (χ2v) is 11.7. The van der Waals surface area contributed by atoms with Crippen LogP contribution in [-0.4, -0.2) is 68.2 Å². The molecule has 208 valence electrons. The van der Waals surface area contributed by atoms with Crippen molar-refractivity contribution in [2.24, 2.45) is 11.1 Å². The van der Waals surface area contributed by atoms with Gasteiger partial charge in [0, 0.05) is 11.6 Å². The minimum absolute atomic E-state index is 0.449. The van der Waals surface area contributed by atoms with Crippen LogP contribution in [-0.2, 0) is 13.8 Å². The van der Waals surface area contributed by atoms with Crippen molar-refractivity contribution in [1.82, 2.24) is 10.2 Å². The maximum atomic E-state index is 13.1. The Morgan fingerprint density at radius 1 is 0.972 bits per heavy atom. The molecule has 2 amide bonds. The third kappa shape index (κ3) is 8.23. The first-order valence-electron chi connectivity index (χ1n) is 13.4. The summed E-state index contributed by atoms with van der Waals surface area (Å²) in [7, 11) is -4.79. The molecule has 12 heteroatoms. The summed E-state index contributed by atoms with van der Waals surface area (Å²) in [5, 5.41) is 23.7. The van der Waals surface area contributed by atoms with Gasteiger partial charge in [0.15, 0.2) is 6.23 Å². The standard InChI is InChI=1S/C24H44N3O8P/c25-22-24(13-11-9-7-5-3-1-2-4-6-8-10-12-14-24)15-16-27(23(30)26-22)21-20(29)19(28)18(35-21)17-34-36(31,32)33/h15-16,18-22,28-29H,1-14,17,25H2,(H,26,30)(H2,31,32,33). The van der Waals surface area contributed by atoms with Gasteiger partial charge in [-0.05, 0) is 12.8 Å². The first kappa shape index (κ1) is 29.5. The molecule has 0 aromatic carbocycles.